The Morgan fingerprint density at radius 2 is 2.21 bits per heavy atom. The van der Waals surface area contributed by atoms with E-state index in [4.69, 9.17) is 10.6 Å². The maximum absolute atomic E-state index is 12.0. The van der Waals surface area contributed by atoms with Crippen LogP contribution in [-0.2, 0) is 4.74 Å². The monoisotopic (exact) mass is 288 g/mol. The number of nitrogens with two attached hydrogens (primary N) is 1. The minimum atomic E-state index is -0.462. The molecule has 0 aromatic carbocycles. The van der Waals surface area contributed by atoms with Crippen molar-refractivity contribution in [3.8, 4) is 0 Å². The van der Waals surface area contributed by atoms with Gasteiger partial charge in [0.25, 0.3) is 0 Å². The van der Waals surface area contributed by atoms with Gasteiger partial charge in [0, 0.05) is 13.1 Å². The van der Waals surface area contributed by atoms with Crippen molar-refractivity contribution in [1.82, 2.24) is 10.3 Å². The van der Waals surface area contributed by atoms with Gasteiger partial charge in [-0.2, -0.15) is 0 Å². The zero-order valence-corrected chi connectivity index (χ0v) is 12.9. The summed E-state index contributed by atoms with van der Waals surface area (Å²) in [5.74, 6) is 5.37. The van der Waals surface area contributed by atoms with E-state index in [1.54, 1.807) is 4.90 Å². The molecule has 1 fully saturated rings. The summed E-state index contributed by atoms with van der Waals surface area (Å²) in [6.07, 6.45) is 3.54. The third-order valence-corrected chi connectivity index (χ3v) is 3.27. The smallest absolute Gasteiger partial charge is 0.410 e. The average Bonchev–Trinajstić information content (AvgIpc) is 2.34. The summed E-state index contributed by atoms with van der Waals surface area (Å²) in [4.78, 5) is 18.2. The van der Waals surface area contributed by atoms with E-state index >= 15 is 0 Å². The zero-order valence-electron chi connectivity index (χ0n) is 12.1. The van der Waals surface area contributed by atoms with E-state index in [1.807, 2.05) is 27.0 Å². The van der Waals surface area contributed by atoms with Crippen molar-refractivity contribution in [3.63, 3.8) is 0 Å². The van der Waals surface area contributed by atoms with E-state index in [9.17, 15) is 4.79 Å². The first kappa shape index (κ1) is 16.1. The van der Waals surface area contributed by atoms with E-state index in [2.05, 4.69) is 10.4 Å². The van der Waals surface area contributed by atoms with Crippen LogP contribution in [0.2, 0.25) is 0 Å². The third-order valence-electron chi connectivity index (χ3n) is 2.66. The van der Waals surface area contributed by atoms with Gasteiger partial charge in [-0.05, 0) is 39.9 Å². The molecular weight excluding hydrogens is 264 g/mol. The third kappa shape index (κ3) is 5.69. The van der Waals surface area contributed by atoms with Crippen LogP contribution in [0.25, 0.3) is 0 Å². The van der Waals surface area contributed by atoms with Crippen LogP contribution < -0.4 is 11.3 Å². The minimum Gasteiger partial charge on any atom is -0.444 e. The summed E-state index contributed by atoms with van der Waals surface area (Å²) in [5.41, 5.74) is 2.10. The zero-order chi connectivity index (χ0) is 14.5. The van der Waals surface area contributed by atoms with Crippen LogP contribution in [0.15, 0.2) is 4.99 Å². The van der Waals surface area contributed by atoms with E-state index < -0.39 is 5.60 Å². The molecular formula is C12H24N4O2S. The van der Waals surface area contributed by atoms with Crippen molar-refractivity contribution in [2.45, 2.75) is 45.3 Å². The highest BCUT2D eigenvalue weighted by molar-refractivity contribution is 8.13. The Hall–Kier alpha value is -0.950. The van der Waals surface area contributed by atoms with Gasteiger partial charge in [-0.1, -0.05) is 11.8 Å². The van der Waals surface area contributed by atoms with E-state index in [-0.39, 0.29) is 12.1 Å². The van der Waals surface area contributed by atoms with Crippen LogP contribution in [0.4, 0.5) is 4.79 Å². The number of amides is 1. The minimum absolute atomic E-state index is 0.0831. The molecule has 0 spiro atoms. The molecule has 0 bridgehead atoms. The molecule has 0 aliphatic carbocycles. The number of carbonyl (C=O) groups is 1. The molecule has 1 atom stereocenters. The van der Waals surface area contributed by atoms with Crippen molar-refractivity contribution in [3.05, 3.63) is 0 Å². The number of nitrogens with one attached hydrogen (secondary N) is 1. The lowest BCUT2D eigenvalue weighted by Gasteiger charge is -2.32. The molecule has 1 aliphatic heterocycles. The highest BCUT2D eigenvalue weighted by atomic mass is 32.2. The highest BCUT2D eigenvalue weighted by Crippen LogP contribution is 2.17. The normalized spacial score (nSPS) is 21.2. The number of rotatable bonds is 1. The second-order valence-electron chi connectivity index (χ2n) is 5.51. The number of hydrazine groups is 1. The summed E-state index contributed by atoms with van der Waals surface area (Å²) in [6.45, 7) is 6.92. The average molecular weight is 288 g/mol. The molecule has 3 N–H and O–H groups in total. The van der Waals surface area contributed by atoms with Gasteiger partial charge in [-0.25, -0.2) is 10.6 Å². The molecule has 6 nitrogen and oxygen atoms in total. The predicted octanol–water partition coefficient (Wildman–Crippen LogP) is 1.57. The lowest BCUT2D eigenvalue weighted by Crippen LogP contribution is -2.44. The second-order valence-corrected chi connectivity index (χ2v) is 6.30. The first-order valence-electron chi connectivity index (χ1n) is 6.42. The SMILES string of the molecule is CSC(=NC1CCCN(C(=O)OC(C)(C)C)C1)NN. The molecule has 19 heavy (non-hydrogen) atoms. The van der Waals surface area contributed by atoms with Crippen molar-refractivity contribution < 1.29 is 9.53 Å². The Kier molecular flexibility index (Phi) is 5.93. The Bertz CT molecular complexity index is 335. The molecule has 0 aromatic rings. The van der Waals surface area contributed by atoms with Crippen molar-refractivity contribution in [2.75, 3.05) is 19.3 Å². The number of hydrogen-bond donors (Lipinski definition) is 2. The fourth-order valence-corrected chi connectivity index (χ4v) is 2.24. The largest absolute Gasteiger partial charge is 0.444 e. The van der Waals surface area contributed by atoms with Crippen LogP contribution >= 0.6 is 11.8 Å². The molecule has 1 unspecified atom stereocenters. The lowest BCUT2D eigenvalue weighted by molar-refractivity contribution is 0.0201. The Labute approximate surface area is 119 Å². The van der Waals surface area contributed by atoms with E-state index in [1.165, 1.54) is 11.8 Å². The maximum Gasteiger partial charge on any atom is 0.410 e. The van der Waals surface area contributed by atoms with E-state index in [0.717, 1.165) is 19.4 Å². The fraction of sp³-hybridized carbons (Fsp3) is 0.833. The van der Waals surface area contributed by atoms with Crippen LogP contribution in [0.1, 0.15) is 33.6 Å². The van der Waals surface area contributed by atoms with Gasteiger partial charge < -0.3 is 15.1 Å². The Morgan fingerprint density at radius 3 is 2.74 bits per heavy atom. The molecule has 1 aliphatic rings. The number of hydrogen-bond acceptors (Lipinski definition) is 5. The molecule has 7 heteroatoms. The first-order chi connectivity index (χ1) is 8.85. The lowest BCUT2D eigenvalue weighted by atomic mass is 10.1. The number of ether oxygens (including phenoxy) is 1. The molecule has 1 heterocycles. The Balaban J connectivity index is 2.59. The molecule has 1 amide bonds. The summed E-state index contributed by atoms with van der Waals surface area (Å²) in [7, 11) is 0. The number of carbonyl (C=O) groups excluding carboxylic acids is 1. The van der Waals surface area contributed by atoms with Crippen LogP contribution in [0, 0.1) is 0 Å². The van der Waals surface area contributed by atoms with Gasteiger partial charge in [0.1, 0.15) is 5.60 Å². The molecule has 110 valence electrons. The summed E-state index contributed by atoms with van der Waals surface area (Å²) in [6, 6.07) is 0.0831. The number of thioether (sulfide) groups is 1. The molecule has 0 radical (unpaired) electrons. The highest BCUT2D eigenvalue weighted by Gasteiger charge is 2.27. The van der Waals surface area contributed by atoms with Crippen molar-refractivity contribution in [1.29, 1.82) is 0 Å². The number of nitrogens with zero attached hydrogens (tertiary/aromatic N) is 2. The number of aliphatic imine (C=N–C) groups is 1. The number of amidine groups is 1. The van der Waals surface area contributed by atoms with Crippen LogP contribution in [0.3, 0.4) is 0 Å². The summed E-state index contributed by atoms with van der Waals surface area (Å²) < 4.78 is 5.38. The van der Waals surface area contributed by atoms with Gasteiger partial charge >= 0.3 is 6.09 Å². The van der Waals surface area contributed by atoms with Crippen LogP contribution in [-0.4, -0.2) is 47.1 Å². The van der Waals surface area contributed by atoms with Gasteiger partial charge in [0.15, 0.2) is 5.17 Å². The standard InChI is InChI=1S/C12H24N4O2S/c1-12(2,3)18-11(17)16-7-5-6-9(8-16)14-10(15-13)19-4/h9H,5-8,13H2,1-4H3,(H,14,15). The van der Waals surface area contributed by atoms with E-state index in [0.29, 0.717) is 11.7 Å². The topological polar surface area (TPSA) is 80.0 Å². The summed E-state index contributed by atoms with van der Waals surface area (Å²) in [5, 5.41) is 0.691. The quantitative estimate of drug-likeness (QED) is 0.331. The van der Waals surface area contributed by atoms with Gasteiger partial charge in [0.05, 0.1) is 6.04 Å². The molecule has 0 saturated carbocycles. The molecule has 1 saturated heterocycles. The van der Waals surface area contributed by atoms with Gasteiger partial charge in [0.2, 0.25) is 0 Å². The van der Waals surface area contributed by atoms with Crippen molar-refractivity contribution in [2.24, 2.45) is 10.8 Å². The molecule has 1 rings (SSSR count). The Morgan fingerprint density at radius 1 is 1.53 bits per heavy atom. The van der Waals surface area contributed by atoms with Crippen LogP contribution in [0.5, 0.6) is 0 Å². The second kappa shape index (κ2) is 7.00. The van der Waals surface area contributed by atoms with Gasteiger partial charge in [-0.15, -0.1) is 0 Å². The number of likely N-dealkylation sites (tertiary alicyclic amines) is 1. The fourth-order valence-electron chi connectivity index (χ4n) is 1.87. The van der Waals surface area contributed by atoms with Gasteiger partial charge in [-0.3, -0.25) is 4.99 Å². The number of piperidine rings is 1. The summed E-state index contributed by atoms with van der Waals surface area (Å²) >= 11 is 1.46. The molecule has 0 aromatic heterocycles. The maximum atomic E-state index is 12.0. The predicted molar refractivity (Wildman–Crippen MR) is 79.1 cm³/mol. The van der Waals surface area contributed by atoms with Crippen molar-refractivity contribution >= 4 is 23.0 Å². The first-order valence-corrected chi connectivity index (χ1v) is 7.64.